The second-order valence-corrected chi connectivity index (χ2v) is 5.37. The Balaban J connectivity index is 2.07. The summed E-state index contributed by atoms with van der Waals surface area (Å²) in [5.74, 6) is 0. The van der Waals surface area contributed by atoms with Gasteiger partial charge in [0, 0.05) is 28.2 Å². The van der Waals surface area contributed by atoms with Gasteiger partial charge < -0.3 is 10.1 Å². The molecule has 2 rings (SSSR count). The minimum Gasteiger partial charge on any atom is -0.379 e. The van der Waals surface area contributed by atoms with Crippen LogP contribution in [0.15, 0.2) is 23.8 Å². The van der Waals surface area contributed by atoms with Gasteiger partial charge >= 0.3 is 0 Å². The monoisotopic (exact) mass is 285 g/mol. The summed E-state index contributed by atoms with van der Waals surface area (Å²) in [6.45, 7) is 4.58. The molecule has 1 N–H and O–H groups in total. The molecule has 0 saturated carbocycles. The van der Waals surface area contributed by atoms with Crippen molar-refractivity contribution in [3.05, 3.63) is 39.4 Å². The van der Waals surface area contributed by atoms with E-state index in [0.717, 1.165) is 31.7 Å². The van der Waals surface area contributed by atoms with Crippen molar-refractivity contribution in [2.75, 3.05) is 19.8 Å². The maximum Gasteiger partial charge on any atom is 0.0623 e. The van der Waals surface area contributed by atoms with Crippen molar-refractivity contribution in [1.82, 2.24) is 5.32 Å². The molecule has 1 heterocycles. The zero-order chi connectivity index (χ0) is 13.0. The Bertz CT molecular complexity index is 419. The molecule has 0 spiro atoms. The molecule has 98 valence electrons. The number of nitrogens with one attached hydrogen (secondary N) is 1. The highest BCUT2D eigenvalue weighted by Crippen LogP contribution is 2.27. The Labute approximate surface area is 118 Å². The molecule has 1 unspecified atom stereocenters. The summed E-state index contributed by atoms with van der Waals surface area (Å²) >= 11 is 12.3. The SMILES string of the molecule is C/C(=C/c1c(Cl)cccc1Cl)CC1COCCN1. The van der Waals surface area contributed by atoms with Crippen LogP contribution in [0.5, 0.6) is 0 Å². The second kappa shape index (κ2) is 6.58. The molecule has 1 fully saturated rings. The lowest BCUT2D eigenvalue weighted by atomic mass is 10.0. The molecule has 0 amide bonds. The summed E-state index contributed by atoms with van der Waals surface area (Å²) < 4.78 is 5.44. The van der Waals surface area contributed by atoms with Crippen LogP contribution in [0.3, 0.4) is 0 Å². The van der Waals surface area contributed by atoms with Gasteiger partial charge in [0.1, 0.15) is 0 Å². The maximum absolute atomic E-state index is 6.15. The molecular weight excluding hydrogens is 269 g/mol. The van der Waals surface area contributed by atoms with Crippen LogP contribution in [-0.4, -0.2) is 25.8 Å². The van der Waals surface area contributed by atoms with Crippen LogP contribution in [-0.2, 0) is 4.74 Å². The highest BCUT2D eigenvalue weighted by Gasteiger charge is 2.13. The Morgan fingerprint density at radius 3 is 2.78 bits per heavy atom. The fraction of sp³-hybridized carbons (Fsp3) is 0.429. The van der Waals surface area contributed by atoms with E-state index >= 15 is 0 Å². The van der Waals surface area contributed by atoms with E-state index in [1.54, 1.807) is 0 Å². The first-order chi connectivity index (χ1) is 8.66. The quantitative estimate of drug-likeness (QED) is 0.913. The molecule has 0 aromatic heterocycles. The second-order valence-electron chi connectivity index (χ2n) is 4.56. The minimum atomic E-state index is 0.385. The van der Waals surface area contributed by atoms with Crippen molar-refractivity contribution in [2.24, 2.45) is 0 Å². The van der Waals surface area contributed by atoms with E-state index in [1.165, 1.54) is 5.57 Å². The topological polar surface area (TPSA) is 21.3 Å². The summed E-state index contributed by atoms with van der Waals surface area (Å²) in [6.07, 6.45) is 3.00. The number of halogens is 2. The van der Waals surface area contributed by atoms with Gasteiger partial charge in [0.05, 0.1) is 13.2 Å². The van der Waals surface area contributed by atoms with Crippen LogP contribution in [0.1, 0.15) is 18.9 Å². The van der Waals surface area contributed by atoms with Gasteiger partial charge in [0.2, 0.25) is 0 Å². The van der Waals surface area contributed by atoms with Crippen LogP contribution in [0.4, 0.5) is 0 Å². The van der Waals surface area contributed by atoms with Crippen LogP contribution in [0.2, 0.25) is 10.0 Å². The highest BCUT2D eigenvalue weighted by molar-refractivity contribution is 6.37. The van der Waals surface area contributed by atoms with Crippen molar-refractivity contribution in [3.63, 3.8) is 0 Å². The Kier molecular flexibility index (Phi) is 5.07. The molecule has 0 radical (unpaired) electrons. The van der Waals surface area contributed by atoms with Gasteiger partial charge in [-0.05, 0) is 25.5 Å². The molecule has 1 atom stereocenters. The average Bonchev–Trinajstić information content (AvgIpc) is 2.35. The van der Waals surface area contributed by atoms with Crippen LogP contribution in [0.25, 0.3) is 6.08 Å². The van der Waals surface area contributed by atoms with Crippen LogP contribution >= 0.6 is 23.2 Å². The third-order valence-electron chi connectivity index (χ3n) is 2.96. The standard InChI is InChI=1S/C14H17Cl2NO/c1-10(7-11-9-18-6-5-17-11)8-12-13(15)3-2-4-14(12)16/h2-4,8,11,17H,5-7,9H2,1H3/b10-8-. The Hall–Kier alpha value is -0.540. The summed E-state index contributed by atoms with van der Waals surface area (Å²) in [5.41, 5.74) is 2.14. The largest absolute Gasteiger partial charge is 0.379 e. The molecule has 1 aliphatic rings. The molecule has 0 bridgehead atoms. The number of morpholine rings is 1. The normalized spacial score (nSPS) is 21.1. The van der Waals surface area contributed by atoms with E-state index in [-0.39, 0.29) is 0 Å². The van der Waals surface area contributed by atoms with Crippen LogP contribution in [0, 0.1) is 0 Å². The fourth-order valence-corrected chi connectivity index (χ4v) is 2.60. The van der Waals surface area contributed by atoms with Crippen molar-refractivity contribution < 1.29 is 4.74 Å². The van der Waals surface area contributed by atoms with E-state index in [1.807, 2.05) is 18.2 Å². The van der Waals surface area contributed by atoms with E-state index in [0.29, 0.717) is 16.1 Å². The minimum absolute atomic E-state index is 0.385. The summed E-state index contributed by atoms with van der Waals surface area (Å²) in [7, 11) is 0. The Morgan fingerprint density at radius 2 is 2.17 bits per heavy atom. The molecular formula is C14H17Cl2NO. The smallest absolute Gasteiger partial charge is 0.0623 e. The van der Waals surface area contributed by atoms with E-state index in [2.05, 4.69) is 18.3 Å². The molecule has 4 heteroatoms. The summed E-state index contributed by atoms with van der Waals surface area (Å²) in [6, 6.07) is 5.95. The molecule has 18 heavy (non-hydrogen) atoms. The average molecular weight is 286 g/mol. The van der Waals surface area contributed by atoms with E-state index in [9.17, 15) is 0 Å². The zero-order valence-corrected chi connectivity index (χ0v) is 11.9. The van der Waals surface area contributed by atoms with Crippen molar-refractivity contribution in [1.29, 1.82) is 0 Å². The van der Waals surface area contributed by atoms with Gasteiger partial charge in [-0.3, -0.25) is 0 Å². The molecule has 1 saturated heterocycles. The molecule has 1 aromatic carbocycles. The van der Waals surface area contributed by atoms with Gasteiger partial charge in [0.15, 0.2) is 0 Å². The van der Waals surface area contributed by atoms with Gasteiger partial charge in [-0.15, -0.1) is 0 Å². The first-order valence-corrected chi connectivity index (χ1v) is 6.84. The van der Waals surface area contributed by atoms with Gasteiger partial charge in [-0.25, -0.2) is 0 Å². The first kappa shape index (κ1) is 13.9. The lowest BCUT2D eigenvalue weighted by Gasteiger charge is -2.24. The first-order valence-electron chi connectivity index (χ1n) is 6.09. The highest BCUT2D eigenvalue weighted by atomic mass is 35.5. The van der Waals surface area contributed by atoms with Crippen LogP contribution < -0.4 is 5.32 Å². The fourth-order valence-electron chi connectivity index (χ4n) is 2.09. The zero-order valence-electron chi connectivity index (χ0n) is 10.4. The number of benzene rings is 1. The molecule has 0 aliphatic carbocycles. The van der Waals surface area contributed by atoms with Gasteiger partial charge in [0.25, 0.3) is 0 Å². The van der Waals surface area contributed by atoms with Gasteiger partial charge in [-0.1, -0.05) is 40.9 Å². The number of ether oxygens (including phenoxy) is 1. The summed E-state index contributed by atoms with van der Waals surface area (Å²) in [4.78, 5) is 0. The number of rotatable bonds is 3. The van der Waals surface area contributed by atoms with Crippen molar-refractivity contribution in [3.8, 4) is 0 Å². The van der Waals surface area contributed by atoms with E-state index in [4.69, 9.17) is 27.9 Å². The maximum atomic E-state index is 6.15. The third-order valence-corrected chi connectivity index (χ3v) is 3.62. The summed E-state index contributed by atoms with van der Waals surface area (Å²) in [5, 5.41) is 4.81. The van der Waals surface area contributed by atoms with E-state index < -0.39 is 0 Å². The number of hydrogen-bond acceptors (Lipinski definition) is 2. The third kappa shape index (κ3) is 3.72. The molecule has 1 aromatic rings. The lowest BCUT2D eigenvalue weighted by molar-refractivity contribution is 0.0771. The Morgan fingerprint density at radius 1 is 1.44 bits per heavy atom. The van der Waals surface area contributed by atoms with Crippen molar-refractivity contribution >= 4 is 29.3 Å². The number of hydrogen-bond donors (Lipinski definition) is 1. The predicted molar refractivity (Wildman–Crippen MR) is 77.3 cm³/mol. The van der Waals surface area contributed by atoms with Crippen molar-refractivity contribution in [2.45, 2.75) is 19.4 Å². The lowest BCUT2D eigenvalue weighted by Crippen LogP contribution is -2.41. The van der Waals surface area contributed by atoms with Gasteiger partial charge in [-0.2, -0.15) is 0 Å². The molecule has 2 nitrogen and oxygen atoms in total. The molecule has 1 aliphatic heterocycles. The predicted octanol–water partition coefficient (Wildman–Crippen LogP) is 3.78.